The van der Waals surface area contributed by atoms with Crippen LogP contribution in [0.5, 0.6) is 0 Å². The third-order valence-corrected chi connectivity index (χ3v) is 9.30. The van der Waals surface area contributed by atoms with Crippen LogP contribution in [0.1, 0.15) is 20.8 Å². The molecule has 2 aromatic rings. The molecule has 0 radical (unpaired) electrons. The van der Waals surface area contributed by atoms with Gasteiger partial charge in [0.15, 0.2) is 6.04 Å². The summed E-state index contributed by atoms with van der Waals surface area (Å²) in [4.78, 5) is 3.52. The zero-order valence-corrected chi connectivity index (χ0v) is 15.8. The van der Waals surface area contributed by atoms with Gasteiger partial charge in [0.25, 0.3) is 8.32 Å². The highest BCUT2D eigenvalue weighted by Gasteiger charge is 2.53. The van der Waals surface area contributed by atoms with Crippen molar-refractivity contribution in [3.8, 4) is 6.07 Å². The molecule has 5 heteroatoms. The van der Waals surface area contributed by atoms with Gasteiger partial charge in [0, 0.05) is 0 Å². The van der Waals surface area contributed by atoms with Crippen molar-refractivity contribution in [2.45, 2.75) is 38.1 Å². The van der Waals surface area contributed by atoms with Crippen LogP contribution in [-0.2, 0) is 4.43 Å². The molecule has 2 N–H and O–H groups in total. The summed E-state index contributed by atoms with van der Waals surface area (Å²) in [5.41, 5.74) is 5.86. The minimum Gasteiger partial charge on any atom is -0.341 e. The molecule has 0 aliphatic rings. The predicted octanol–water partition coefficient (Wildman–Crippen LogP) is 2.66. The van der Waals surface area contributed by atoms with Gasteiger partial charge in [-0.15, -0.1) is 0 Å². The van der Waals surface area contributed by atoms with Crippen LogP contribution in [-0.4, -0.2) is 20.6 Å². The zero-order chi connectivity index (χ0) is 18.5. The molecule has 0 bridgehead atoms. The highest BCUT2D eigenvalue weighted by atomic mass is 28.4. The van der Waals surface area contributed by atoms with Gasteiger partial charge in [-0.25, -0.2) is 6.57 Å². The highest BCUT2D eigenvalue weighted by molar-refractivity contribution is 6.99. The van der Waals surface area contributed by atoms with E-state index in [0.29, 0.717) is 0 Å². The standard InChI is InChI=1S/C20H23N3OSi/c1-20(2,3)25(16-11-7-5-8-12-16,17-13-9-6-10-14-17)24-19(23-4)18(22)15-21/h5-14,18-19H,22H2,1-3H3/t18-,19-/m0/s1. The minimum atomic E-state index is -2.86. The molecule has 2 atom stereocenters. The van der Waals surface area contributed by atoms with Gasteiger partial charge in [0.05, 0.1) is 6.07 Å². The number of hydrogen-bond acceptors (Lipinski definition) is 3. The van der Waals surface area contributed by atoms with Gasteiger partial charge in [-0.2, -0.15) is 5.26 Å². The molecule has 2 rings (SSSR count). The van der Waals surface area contributed by atoms with Gasteiger partial charge in [-0.3, -0.25) is 4.85 Å². The Balaban J connectivity index is 2.74. The quantitative estimate of drug-likeness (QED) is 0.667. The van der Waals surface area contributed by atoms with Crippen LogP contribution in [0.2, 0.25) is 5.04 Å². The lowest BCUT2D eigenvalue weighted by Gasteiger charge is -2.42. The van der Waals surface area contributed by atoms with E-state index in [9.17, 15) is 5.26 Å². The highest BCUT2D eigenvalue weighted by Crippen LogP contribution is 2.37. The first kappa shape index (κ1) is 18.9. The Morgan fingerprint density at radius 1 is 1.04 bits per heavy atom. The molecule has 0 amide bonds. The van der Waals surface area contributed by atoms with Gasteiger partial charge < -0.3 is 10.2 Å². The summed E-state index contributed by atoms with van der Waals surface area (Å²) in [6.45, 7) is 13.9. The maximum absolute atomic E-state index is 9.19. The zero-order valence-electron chi connectivity index (χ0n) is 14.8. The molecule has 0 aliphatic heterocycles. The van der Waals surface area contributed by atoms with Crippen molar-refractivity contribution >= 4 is 18.7 Å². The van der Waals surface area contributed by atoms with Crippen LogP contribution in [0.4, 0.5) is 0 Å². The number of nitriles is 1. The van der Waals surface area contributed by atoms with E-state index in [0.717, 1.165) is 10.4 Å². The Hall–Kier alpha value is -2.44. The van der Waals surface area contributed by atoms with Crippen molar-refractivity contribution in [2.75, 3.05) is 0 Å². The van der Waals surface area contributed by atoms with E-state index >= 15 is 0 Å². The van der Waals surface area contributed by atoms with Gasteiger partial charge in [-0.05, 0) is 15.4 Å². The summed E-state index contributed by atoms with van der Waals surface area (Å²) in [6.07, 6.45) is -1.00. The van der Waals surface area contributed by atoms with Crippen molar-refractivity contribution in [2.24, 2.45) is 5.73 Å². The predicted molar refractivity (Wildman–Crippen MR) is 103 cm³/mol. The first-order chi connectivity index (χ1) is 11.9. The van der Waals surface area contributed by atoms with E-state index < -0.39 is 20.6 Å². The average molecular weight is 350 g/mol. The molecule has 25 heavy (non-hydrogen) atoms. The van der Waals surface area contributed by atoms with Crippen LogP contribution < -0.4 is 16.1 Å². The Morgan fingerprint density at radius 2 is 1.48 bits per heavy atom. The van der Waals surface area contributed by atoms with E-state index in [2.05, 4.69) is 25.6 Å². The molecule has 0 fully saturated rings. The second-order valence-electron chi connectivity index (χ2n) is 6.96. The van der Waals surface area contributed by atoms with Gasteiger partial charge in [-0.1, -0.05) is 81.4 Å². The lowest BCUT2D eigenvalue weighted by Crippen LogP contribution is -2.68. The van der Waals surface area contributed by atoms with Crippen molar-refractivity contribution < 1.29 is 4.43 Å². The maximum atomic E-state index is 9.19. The second-order valence-corrected chi connectivity index (χ2v) is 11.2. The Morgan fingerprint density at radius 3 is 1.80 bits per heavy atom. The molecule has 0 saturated heterocycles. The van der Waals surface area contributed by atoms with E-state index in [1.807, 2.05) is 66.7 Å². The van der Waals surface area contributed by atoms with E-state index in [4.69, 9.17) is 16.7 Å². The van der Waals surface area contributed by atoms with Crippen molar-refractivity contribution in [1.82, 2.24) is 0 Å². The Labute approximate surface area is 150 Å². The topological polar surface area (TPSA) is 63.4 Å². The number of hydrogen-bond donors (Lipinski definition) is 1. The van der Waals surface area contributed by atoms with Crippen LogP contribution in [0.15, 0.2) is 60.7 Å². The van der Waals surface area contributed by atoms with Crippen molar-refractivity contribution in [3.63, 3.8) is 0 Å². The molecule has 0 aliphatic carbocycles. The van der Waals surface area contributed by atoms with Gasteiger partial charge >= 0.3 is 6.23 Å². The fraction of sp³-hybridized carbons (Fsp3) is 0.300. The SMILES string of the molecule is [C-]#[N+][C@@H](O[Si](c1ccccc1)(c1ccccc1)C(C)(C)C)[C@@H](N)C#N. The number of rotatable bonds is 5. The van der Waals surface area contributed by atoms with E-state index in [1.165, 1.54) is 0 Å². The second kappa shape index (κ2) is 7.63. The largest absolute Gasteiger partial charge is 0.348 e. The number of nitrogens with zero attached hydrogens (tertiary/aromatic N) is 2. The Bertz CT molecular complexity index is 733. The smallest absolute Gasteiger partial charge is 0.341 e. The molecule has 4 nitrogen and oxygen atoms in total. The maximum Gasteiger partial charge on any atom is 0.348 e. The first-order valence-corrected chi connectivity index (χ1v) is 10.1. The molecule has 0 heterocycles. The lowest BCUT2D eigenvalue weighted by atomic mass is 10.2. The van der Waals surface area contributed by atoms with Gasteiger partial charge in [0.1, 0.15) is 0 Å². The third kappa shape index (κ3) is 3.65. The minimum absolute atomic E-state index is 0.256. The average Bonchev–Trinajstić information content (AvgIpc) is 2.62. The molecule has 2 aromatic carbocycles. The molecule has 0 unspecified atom stereocenters. The lowest BCUT2D eigenvalue weighted by molar-refractivity contribution is 0.218. The van der Waals surface area contributed by atoms with Crippen LogP contribution in [0.3, 0.4) is 0 Å². The molecule has 0 spiro atoms. The molecular weight excluding hydrogens is 326 g/mol. The summed E-state index contributed by atoms with van der Waals surface area (Å²) in [5, 5.41) is 11.1. The van der Waals surface area contributed by atoms with Crippen LogP contribution in [0.25, 0.3) is 4.85 Å². The fourth-order valence-corrected chi connectivity index (χ4v) is 7.69. The van der Waals surface area contributed by atoms with Crippen molar-refractivity contribution in [1.29, 1.82) is 5.26 Å². The molecule has 128 valence electrons. The monoisotopic (exact) mass is 349 g/mol. The van der Waals surface area contributed by atoms with Crippen LogP contribution in [0, 0.1) is 17.9 Å². The van der Waals surface area contributed by atoms with Gasteiger partial charge in [0.2, 0.25) is 0 Å². The molecule has 0 aromatic heterocycles. The third-order valence-electron chi connectivity index (χ3n) is 4.30. The summed E-state index contributed by atoms with van der Waals surface area (Å²) >= 11 is 0. The Kier molecular flexibility index (Phi) is 5.76. The van der Waals surface area contributed by atoms with E-state index in [1.54, 1.807) is 0 Å². The van der Waals surface area contributed by atoms with Crippen LogP contribution >= 0.6 is 0 Å². The summed E-state index contributed by atoms with van der Waals surface area (Å²) in [5.74, 6) is 0. The normalized spacial score (nSPS) is 14.2. The number of nitrogens with two attached hydrogens (primary N) is 1. The fourth-order valence-electron chi connectivity index (χ4n) is 3.12. The first-order valence-electron chi connectivity index (χ1n) is 8.17. The molecule has 0 saturated carbocycles. The van der Waals surface area contributed by atoms with Crippen molar-refractivity contribution in [3.05, 3.63) is 72.1 Å². The summed E-state index contributed by atoms with van der Waals surface area (Å²) in [6, 6.07) is 21.0. The van der Waals surface area contributed by atoms with E-state index in [-0.39, 0.29) is 5.04 Å². The summed E-state index contributed by atoms with van der Waals surface area (Å²) in [7, 11) is -2.86. The summed E-state index contributed by atoms with van der Waals surface area (Å²) < 4.78 is 6.51. The molecular formula is C20H23N3OSi. The number of benzene rings is 2.